The number of aromatic nitrogens is 2. The SMILES string of the molecule is CC(NN)c1cn(C)cn1. The highest BCUT2D eigenvalue weighted by atomic mass is 15.2. The molecule has 0 saturated heterocycles. The van der Waals surface area contributed by atoms with Crippen molar-refractivity contribution in [3.63, 3.8) is 0 Å². The van der Waals surface area contributed by atoms with Gasteiger partial charge in [0.1, 0.15) is 0 Å². The normalized spacial score (nSPS) is 13.5. The summed E-state index contributed by atoms with van der Waals surface area (Å²) in [4.78, 5) is 4.11. The van der Waals surface area contributed by atoms with Crippen molar-refractivity contribution in [1.82, 2.24) is 15.0 Å². The number of imidazole rings is 1. The molecule has 56 valence electrons. The van der Waals surface area contributed by atoms with Crippen LogP contribution < -0.4 is 11.3 Å². The Balaban J connectivity index is 2.74. The average molecular weight is 140 g/mol. The molecule has 1 rings (SSSR count). The highest BCUT2D eigenvalue weighted by molar-refractivity contribution is 5.01. The zero-order valence-corrected chi connectivity index (χ0v) is 6.20. The smallest absolute Gasteiger partial charge is 0.0947 e. The number of hydrogen-bond acceptors (Lipinski definition) is 3. The lowest BCUT2D eigenvalue weighted by Crippen LogP contribution is -2.25. The first-order valence-corrected chi connectivity index (χ1v) is 3.18. The van der Waals surface area contributed by atoms with Gasteiger partial charge in [-0.2, -0.15) is 0 Å². The molecule has 1 atom stereocenters. The Labute approximate surface area is 60.0 Å². The minimum atomic E-state index is 0.126. The van der Waals surface area contributed by atoms with E-state index in [1.54, 1.807) is 6.33 Å². The van der Waals surface area contributed by atoms with E-state index in [1.165, 1.54) is 0 Å². The van der Waals surface area contributed by atoms with E-state index in [0.29, 0.717) is 0 Å². The van der Waals surface area contributed by atoms with Gasteiger partial charge in [-0.05, 0) is 6.92 Å². The molecule has 4 heteroatoms. The molecule has 0 radical (unpaired) electrons. The van der Waals surface area contributed by atoms with Crippen molar-refractivity contribution in [2.75, 3.05) is 0 Å². The van der Waals surface area contributed by atoms with Gasteiger partial charge in [-0.3, -0.25) is 11.3 Å². The summed E-state index contributed by atoms with van der Waals surface area (Å²) in [7, 11) is 1.93. The lowest BCUT2D eigenvalue weighted by Gasteiger charge is -2.03. The van der Waals surface area contributed by atoms with E-state index in [9.17, 15) is 0 Å². The summed E-state index contributed by atoms with van der Waals surface area (Å²) in [5.74, 6) is 5.21. The molecular weight excluding hydrogens is 128 g/mol. The van der Waals surface area contributed by atoms with E-state index in [2.05, 4.69) is 10.4 Å². The van der Waals surface area contributed by atoms with Crippen LogP contribution in [0.15, 0.2) is 12.5 Å². The Bertz CT molecular complexity index is 205. The largest absolute Gasteiger partial charge is 0.340 e. The maximum Gasteiger partial charge on any atom is 0.0947 e. The lowest BCUT2D eigenvalue weighted by atomic mass is 10.3. The molecule has 0 amide bonds. The molecular formula is C6H12N4. The number of nitrogens with zero attached hydrogens (tertiary/aromatic N) is 2. The zero-order chi connectivity index (χ0) is 7.56. The van der Waals surface area contributed by atoms with Gasteiger partial charge < -0.3 is 4.57 Å². The third-order valence-corrected chi connectivity index (χ3v) is 1.42. The second-order valence-corrected chi connectivity index (χ2v) is 2.35. The molecule has 3 N–H and O–H groups in total. The van der Waals surface area contributed by atoms with Crippen LogP contribution in [-0.4, -0.2) is 9.55 Å². The van der Waals surface area contributed by atoms with Gasteiger partial charge in [-0.25, -0.2) is 4.98 Å². The van der Waals surface area contributed by atoms with Crippen LogP contribution in [0.1, 0.15) is 18.7 Å². The van der Waals surface area contributed by atoms with Gasteiger partial charge in [0.2, 0.25) is 0 Å². The predicted octanol–water partition coefficient (Wildman–Crippen LogP) is -0.0556. The van der Waals surface area contributed by atoms with Gasteiger partial charge >= 0.3 is 0 Å². The first-order chi connectivity index (χ1) is 4.74. The summed E-state index contributed by atoms with van der Waals surface area (Å²) in [6, 6.07) is 0.126. The van der Waals surface area contributed by atoms with Crippen LogP contribution in [0.5, 0.6) is 0 Å². The first kappa shape index (κ1) is 7.24. The van der Waals surface area contributed by atoms with Crippen LogP contribution in [0, 0.1) is 0 Å². The van der Waals surface area contributed by atoms with Crippen molar-refractivity contribution >= 4 is 0 Å². The summed E-state index contributed by atoms with van der Waals surface area (Å²) in [6.07, 6.45) is 3.69. The summed E-state index contributed by atoms with van der Waals surface area (Å²) in [5, 5.41) is 0. The van der Waals surface area contributed by atoms with Crippen LogP contribution >= 0.6 is 0 Å². The maximum atomic E-state index is 5.21. The Morgan fingerprint density at radius 1 is 1.80 bits per heavy atom. The number of hydrogen-bond donors (Lipinski definition) is 2. The second kappa shape index (κ2) is 2.81. The fourth-order valence-corrected chi connectivity index (χ4v) is 0.742. The van der Waals surface area contributed by atoms with Crippen molar-refractivity contribution < 1.29 is 0 Å². The maximum absolute atomic E-state index is 5.21. The summed E-state index contributed by atoms with van der Waals surface area (Å²) in [5.41, 5.74) is 3.58. The Kier molecular flexibility index (Phi) is 2.03. The number of nitrogens with two attached hydrogens (primary N) is 1. The van der Waals surface area contributed by atoms with Crippen molar-refractivity contribution in [2.24, 2.45) is 12.9 Å². The minimum Gasteiger partial charge on any atom is -0.340 e. The van der Waals surface area contributed by atoms with Crippen LogP contribution in [-0.2, 0) is 7.05 Å². The molecule has 0 saturated carbocycles. The van der Waals surface area contributed by atoms with Crippen LogP contribution in [0.4, 0.5) is 0 Å². The zero-order valence-electron chi connectivity index (χ0n) is 6.20. The topological polar surface area (TPSA) is 55.9 Å². The quantitative estimate of drug-likeness (QED) is 0.447. The second-order valence-electron chi connectivity index (χ2n) is 2.35. The summed E-state index contributed by atoms with van der Waals surface area (Å²) in [6.45, 7) is 1.96. The first-order valence-electron chi connectivity index (χ1n) is 3.18. The van der Waals surface area contributed by atoms with Crippen LogP contribution in [0.2, 0.25) is 0 Å². The molecule has 0 bridgehead atoms. The van der Waals surface area contributed by atoms with Gasteiger partial charge in [0, 0.05) is 13.2 Å². The van der Waals surface area contributed by atoms with E-state index < -0.39 is 0 Å². The van der Waals surface area contributed by atoms with Gasteiger partial charge in [0.15, 0.2) is 0 Å². The number of hydrazine groups is 1. The molecule has 10 heavy (non-hydrogen) atoms. The lowest BCUT2D eigenvalue weighted by molar-refractivity contribution is 0.589. The number of nitrogens with one attached hydrogen (secondary N) is 1. The van der Waals surface area contributed by atoms with Crippen LogP contribution in [0.25, 0.3) is 0 Å². The molecule has 0 aliphatic heterocycles. The monoisotopic (exact) mass is 140 g/mol. The summed E-state index contributed by atoms with van der Waals surface area (Å²) < 4.78 is 1.89. The van der Waals surface area contributed by atoms with E-state index in [1.807, 2.05) is 24.7 Å². The van der Waals surface area contributed by atoms with E-state index >= 15 is 0 Å². The van der Waals surface area contributed by atoms with Crippen molar-refractivity contribution in [3.8, 4) is 0 Å². The van der Waals surface area contributed by atoms with Gasteiger partial charge in [0.25, 0.3) is 0 Å². The van der Waals surface area contributed by atoms with E-state index in [-0.39, 0.29) is 6.04 Å². The van der Waals surface area contributed by atoms with Gasteiger partial charge in [-0.1, -0.05) is 0 Å². The van der Waals surface area contributed by atoms with Gasteiger partial charge in [-0.15, -0.1) is 0 Å². The molecule has 1 heterocycles. The van der Waals surface area contributed by atoms with E-state index in [4.69, 9.17) is 5.84 Å². The Morgan fingerprint density at radius 3 is 2.90 bits per heavy atom. The summed E-state index contributed by atoms with van der Waals surface area (Å²) >= 11 is 0. The van der Waals surface area contributed by atoms with E-state index in [0.717, 1.165) is 5.69 Å². The molecule has 4 nitrogen and oxygen atoms in total. The number of rotatable bonds is 2. The van der Waals surface area contributed by atoms with Crippen molar-refractivity contribution in [3.05, 3.63) is 18.2 Å². The van der Waals surface area contributed by atoms with Crippen molar-refractivity contribution in [1.29, 1.82) is 0 Å². The highest BCUT2D eigenvalue weighted by Crippen LogP contribution is 2.05. The average Bonchev–Trinajstić information content (AvgIpc) is 2.34. The van der Waals surface area contributed by atoms with Gasteiger partial charge in [0.05, 0.1) is 18.1 Å². The molecule has 0 aliphatic carbocycles. The standard InChI is InChI=1S/C6H12N4/c1-5(9-7)6-3-10(2)4-8-6/h3-5,9H,7H2,1-2H3. The third kappa shape index (κ3) is 1.34. The minimum absolute atomic E-state index is 0.126. The molecule has 1 aromatic heterocycles. The third-order valence-electron chi connectivity index (χ3n) is 1.42. The molecule has 0 aromatic carbocycles. The molecule has 0 spiro atoms. The van der Waals surface area contributed by atoms with Crippen molar-refractivity contribution in [2.45, 2.75) is 13.0 Å². The fraction of sp³-hybridized carbons (Fsp3) is 0.500. The predicted molar refractivity (Wildman–Crippen MR) is 38.9 cm³/mol. The number of aryl methyl sites for hydroxylation is 1. The van der Waals surface area contributed by atoms with Crippen LogP contribution in [0.3, 0.4) is 0 Å². The molecule has 1 aromatic rings. The molecule has 1 unspecified atom stereocenters. The highest BCUT2D eigenvalue weighted by Gasteiger charge is 2.03. The Morgan fingerprint density at radius 2 is 2.50 bits per heavy atom. The molecule has 0 aliphatic rings. The Hall–Kier alpha value is -0.870. The molecule has 0 fully saturated rings. The fourth-order valence-electron chi connectivity index (χ4n) is 0.742.